The Hall–Kier alpha value is -3.87. The molecule has 1 unspecified atom stereocenters. The molecule has 1 aliphatic rings. The van der Waals surface area contributed by atoms with Crippen LogP contribution in [-0.2, 0) is 17.1 Å². The molecule has 2 aromatic carbocycles. The summed E-state index contributed by atoms with van der Waals surface area (Å²) in [5, 5.41) is 21.7. The van der Waals surface area contributed by atoms with Gasteiger partial charge >= 0.3 is 6.18 Å². The van der Waals surface area contributed by atoms with Gasteiger partial charge < -0.3 is 0 Å². The van der Waals surface area contributed by atoms with Crippen LogP contribution in [0.2, 0.25) is 0 Å². The number of rotatable bonds is 6. The second kappa shape index (κ2) is 10.3. The van der Waals surface area contributed by atoms with Crippen molar-refractivity contribution < 1.29 is 26.0 Å². The van der Waals surface area contributed by atoms with Gasteiger partial charge in [0.25, 0.3) is 10.0 Å². The van der Waals surface area contributed by atoms with E-state index >= 15 is 0 Å². The number of nitriles is 1. The summed E-state index contributed by atoms with van der Waals surface area (Å²) < 4.78 is 82.7. The van der Waals surface area contributed by atoms with Gasteiger partial charge in [-0.1, -0.05) is 0 Å². The number of aromatic nitrogens is 5. The maximum Gasteiger partial charge on any atom is 0.390 e. The fourth-order valence-electron chi connectivity index (χ4n) is 4.92. The first kappa shape index (κ1) is 27.7. The van der Waals surface area contributed by atoms with Crippen LogP contribution < -0.4 is 0 Å². The topological polar surface area (TPSA) is 113 Å². The molecule has 5 rings (SSSR count). The maximum absolute atomic E-state index is 13.9. The van der Waals surface area contributed by atoms with E-state index in [0.29, 0.717) is 27.7 Å². The van der Waals surface area contributed by atoms with Crippen molar-refractivity contribution in [3.8, 4) is 11.8 Å². The van der Waals surface area contributed by atoms with E-state index in [2.05, 4.69) is 15.3 Å². The molecule has 3 heterocycles. The summed E-state index contributed by atoms with van der Waals surface area (Å²) in [6.07, 6.45) is -2.71. The van der Waals surface area contributed by atoms with Crippen LogP contribution in [0.4, 0.5) is 17.6 Å². The minimum atomic E-state index is -4.37. The number of halogens is 4. The lowest BCUT2D eigenvalue weighted by Gasteiger charge is -2.41. The molecule has 1 saturated heterocycles. The van der Waals surface area contributed by atoms with Gasteiger partial charge in [0.15, 0.2) is 0 Å². The van der Waals surface area contributed by atoms with Gasteiger partial charge in [0.05, 0.1) is 35.6 Å². The van der Waals surface area contributed by atoms with Crippen LogP contribution in [0.3, 0.4) is 0 Å². The van der Waals surface area contributed by atoms with Crippen LogP contribution in [0.15, 0.2) is 47.8 Å². The zero-order valence-electron chi connectivity index (χ0n) is 21.5. The molecular weight excluding hydrogens is 552 g/mol. The predicted molar refractivity (Wildman–Crippen MR) is 135 cm³/mol. The lowest BCUT2D eigenvalue weighted by atomic mass is 9.96. The van der Waals surface area contributed by atoms with E-state index in [4.69, 9.17) is 0 Å². The molecule has 10 nitrogen and oxygen atoms in total. The highest BCUT2D eigenvalue weighted by atomic mass is 32.2. The molecule has 0 radical (unpaired) electrons. The van der Waals surface area contributed by atoms with E-state index in [1.807, 2.05) is 0 Å². The molecule has 2 aromatic heterocycles. The fraction of sp³-hybridized carbons (Fsp3) is 0.360. The molecule has 0 saturated carbocycles. The van der Waals surface area contributed by atoms with Crippen molar-refractivity contribution >= 4 is 20.9 Å². The largest absolute Gasteiger partial charge is 0.390 e. The summed E-state index contributed by atoms with van der Waals surface area (Å²) in [7, 11) is -2.54. The Bertz CT molecular complexity index is 1720. The van der Waals surface area contributed by atoms with Crippen LogP contribution in [0.25, 0.3) is 16.6 Å². The number of fused-ring (bicyclic) bond motifs is 1. The summed E-state index contributed by atoms with van der Waals surface area (Å²) in [5.41, 5.74) is 2.33. The van der Waals surface area contributed by atoms with Crippen molar-refractivity contribution in [3.63, 3.8) is 0 Å². The Morgan fingerprint density at radius 3 is 2.58 bits per heavy atom. The maximum atomic E-state index is 13.9. The van der Waals surface area contributed by atoms with E-state index < -0.39 is 34.5 Å². The number of sulfonamides is 1. The Morgan fingerprint density at radius 1 is 1.12 bits per heavy atom. The van der Waals surface area contributed by atoms with Crippen LogP contribution >= 0.6 is 0 Å². The molecule has 0 spiro atoms. The third kappa shape index (κ3) is 5.29. The lowest BCUT2D eigenvalue weighted by molar-refractivity contribution is -0.140. The second-order valence-electron chi connectivity index (χ2n) is 9.55. The fourth-order valence-corrected chi connectivity index (χ4v) is 6.24. The van der Waals surface area contributed by atoms with Crippen LogP contribution in [-0.4, -0.2) is 74.8 Å². The Balaban J connectivity index is 1.53. The minimum absolute atomic E-state index is 0.00170. The van der Waals surface area contributed by atoms with Crippen molar-refractivity contribution in [3.05, 3.63) is 65.2 Å². The molecule has 4 aromatic rings. The number of benzene rings is 2. The molecule has 210 valence electrons. The zero-order valence-corrected chi connectivity index (χ0v) is 22.3. The smallest absolute Gasteiger partial charge is 0.293 e. The van der Waals surface area contributed by atoms with Crippen molar-refractivity contribution in [2.75, 3.05) is 26.2 Å². The summed E-state index contributed by atoms with van der Waals surface area (Å²) in [6, 6.07) is 8.75. The van der Waals surface area contributed by atoms with E-state index in [0.717, 1.165) is 11.0 Å². The first-order valence-corrected chi connectivity index (χ1v) is 13.7. The van der Waals surface area contributed by atoms with Gasteiger partial charge in [-0.2, -0.15) is 37.7 Å². The van der Waals surface area contributed by atoms with Gasteiger partial charge in [-0.05, 0) is 48.4 Å². The van der Waals surface area contributed by atoms with Gasteiger partial charge in [0, 0.05) is 44.7 Å². The van der Waals surface area contributed by atoms with Crippen molar-refractivity contribution in [1.82, 2.24) is 34.0 Å². The quantitative estimate of drug-likeness (QED) is 0.323. The molecule has 0 aliphatic carbocycles. The molecule has 0 amide bonds. The predicted octanol–water partition coefficient (Wildman–Crippen LogP) is 3.47. The number of piperazine rings is 1. The van der Waals surface area contributed by atoms with E-state index in [1.54, 1.807) is 40.9 Å². The summed E-state index contributed by atoms with van der Waals surface area (Å²) in [5.74, 6) is -0.654. The first-order valence-electron chi connectivity index (χ1n) is 12.2. The minimum Gasteiger partial charge on any atom is -0.293 e. The average molecular weight is 577 g/mol. The number of nitrogens with zero attached hydrogens (tertiary/aromatic N) is 8. The van der Waals surface area contributed by atoms with Crippen LogP contribution in [0, 0.1) is 24.1 Å². The van der Waals surface area contributed by atoms with E-state index in [1.165, 1.54) is 29.6 Å². The Labute approximate surface area is 227 Å². The van der Waals surface area contributed by atoms with Gasteiger partial charge in [0.1, 0.15) is 11.9 Å². The van der Waals surface area contributed by atoms with Gasteiger partial charge in [-0.3, -0.25) is 4.90 Å². The first-order chi connectivity index (χ1) is 18.9. The molecule has 1 aliphatic heterocycles. The van der Waals surface area contributed by atoms with Crippen molar-refractivity contribution in [2.45, 2.75) is 30.6 Å². The highest BCUT2D eigenvalue weighted by Crippen LogP contribution is 2.34. The van der Waals surface area contributed by atoms with Gasteiger partial charge in [-0.25, -0.2) is 17.5 Å². The van der Waals surface area contributed by atoms with Crippen LogP contribution in [0.1, 0.15) is 29.2 Å². The number of aryl methyl sites for hydroxylation is 2. The van der Waals surface area contributed by atoms with E-state index in [9.17, 15) is 31.2 Å². The molecular formula is C25H24F4N8O2S. The Kier molecular flexibility index (Phi) is 7.11. The standard InChI is InChI=1S/C25H24F4N8O2S/c1-16-9-22-18(13-32-37(22)19-3-4-21(26)17(10-19)12-30)11-20(16)23-15-36(8-7-35(23)6-5-25(27,28)29)40(38,39)24-14-31-34(2)33-24/h3-4,9-11,13-14,23H,5-8,15H2,1-2H3. The molecule has 0 N–H and O–H groups in total. The lowest BCUT2D eigenvalue weighted by Crippen LogP contribution is -2.51. The SMILES string of the molecule is Cc1cc2c(cnn2-c2ccc(F)c(C#N)c2)cc1C1CN(S(=O)(=O)c2cnn(C)n2)CCN1CCC(F)(F)F. The summed E-state index contributed by atoms with van der Waals surface area (Å²) in [4.78, 5) is 2.77. The summed E-state index contributed by atoms with van der Waals surface area (Å²) >= 11 is 0. The number of hydrogen-bond donors (Lipinski definition) is 0. The molecule has 40 heavy (non-hydrogen) atoms. The number of alkyl halides is 3. The molecule has 15 heteroatoms. The second-order valence-corrected chi connectivity index (χ2v) is 11.4. The van der Waals surface area contributed by atoms with Gasteiger partial charge in [-0.15, -0.1) is 5.10 Å². The normalized spacial score (nSPS) is 17.4. The Morgan fingerprint density at radius 2 is 1.90 bits per heavy atom. The molecule has 1 atom stereocenters. The molecule has 0 bridgehead atoms. The van der Waals surface area contributed by atoms with Gasteiger partial charge in [0.2, 0.25) is 5.03 Å². The third-order valence-corrected chi connectivity index (χ3v) is 8.68. The summed E-state index contributed by atoms with van der Waals surface area (Å²) in [6.45, 7) is 1.49. The highest BCUT2D eigenvalue weighted by Gasteiger charge is 2.38. The van der Waals surface area contributed by atoms with Crippen LogP contribution in [0.5, 0.6) is 0 Å². The third-order valence-electron chi connectivity index (χ3n) is 6.95. The number of hydrogen-bond acceptors (Lipinski definition) is 7. The highest BCUT2D eigenvalue weighted by molar-refractivity contribution is 7.89. The zero-order chi connectivity index (χ0) is 28.8. The average Bonchev–Trinajstić information content (AvgIpc) is 3.53. The monoisotopic (exact) mass is 576 g/mol. The molecule has 1 fully saturated rings. The van der Waals surface area contributed by atoms with E-state index in [-0.39, 0.29) is 36.8 Å². The van der Waals surface area contributed by atoms with Crippen molar-refractivity contribution in [2.24, 2.45) is 7.05 Å². The van der Waals surface area contributed by atoms with Crippen molar-refractivity contribution in [1.29, 1.82) is 5.26 Å².